The Morgan fingerprint density at radius 2 is 1.89 bits per heavy atom. The number of hydrogen-bond donors (Lipinski definition) is 8. The Hall–Kier alpha value is -1.97. The number of aliphatic hydroxyl groups is 7. The van der Waals surface area contributed by atoms with Gasteiger partial charge in [0, 0.05) is 12.6 Å². The molecule has 13 nitrogen and oxygen atoms in total. The van der Waals surface area contributed by atoms with E-state index in [2.05, 4.69) is 4.98 Å². The number of anilines is 1. The minimum atomic E-state index is -2.00. The number of carbonyl (C=O) groups excluding carboxylic acids is 1. The molecule has 2 heterocycles. The normalized spacial score (nSPS) is 27.0. The van der Waals surface area contributed by atoms with Crippen molar-refractivity contribution in [2.45, 2.75) is 49.5 Å². The topological polar surface area (TPSA) is 229 Å². The molecule has 1 aromatic rings. The van der Waals surface area contributed by atoms with Crippen molar-refractivity contribution >= 4 is 12.1 Å². The molecule has 27 heavy (non-hydrogen) atoms. The van der Waals surface area contributed by atoms with Crippen molar-refractivity contribution in [1.82, 2.24) is 9.55 Å². The van der Waals surface area contributed by atoms with Crippen molar-refractivity contribution < 1.29 is 45.3 Å². The predicted octanol–water partition coefficient (Wildman–Crippen LogP) is -4.96. The van der Waals surface area contributed by atoms with Gasteiger partial charge in [-0.3, -0.25) is 4.57 Å². The first-order valence-corrected chi connectivity index (χ1v) is 7.77. The molecule has 0 aromatic carbocycles. The second-order valence-corrected chi connectivity index (χ2v) is 5.65. The van der Waals surface area contributed by atoms with Gasteiger partial charge in [-0.25, -0.2) is 4.79 Å². The van der Waals surface area contributed by atoms with Gasteiger partial charge < -0.3 is 51.0 Å². The van der Waals surface area contributed by atoms with Gasteiger partial charge in [-0.05, 0) is 6.07 Å². The molecule has 1 aromatic heterocycles. The number of aromatic nitrogens is 2. The summed E-state index contributed by atoms with van der Waals surface area (Å²) in [4.78, 5) is 24.7. The van der Waals surface area contributed by atoms with E-state index in [1.54, 1.807) is 0 Å². The number of carbonyl (C=O) groups is 1. The molecule has 2 rings (SSSR count). The highest BCUT2D eigenvalue weighted by atomic mass is 16.6. The van der Waals surface area contributed by atoms with Crippen LogP contribution in [0.2, 0.25) is 0 Å². The third-order valence-corrected chi connectivity index (χ3v) is 3.68. The standard InChI is InChI=1S/C9H13N3O5.C5H10O5/c10-5-1-2-12(9(16)11-5)8-7(15)6(14)4(3-13)17-8;6-2-1-3(7)4(8)5(9)10/h1-2,4,6-8,13-15H,3H2,(H2,10,11,16);2-5,7-10H,1H2/t4-,6-,7-,8-;/m1./s1. The highest BCUT2D eigenvalue weighted by Gasteiger charge is 2.43. The molecule has 13 heteroatoms. The number of aliphatic hydroxyl groups excluding tert-OH is 6. The molecule has 0 saturated carbocycles. The van der Waals surface area contributed by atoms with Crippen LogP contribution < -0.4 is 11.4 Å². The molecule has 1 aliphatic heterocycles. The van der Waals surface area contributed by atoms with Gasteiger partial charge in [0.1, 0.15) is 36.5 Å². The van der Waals surface area contributed by atoms with Crippen molar-refractivity contribution in [3.05, 3.63) is 22.7 Å². The maximum atomic E-state index is 11.5. The summed E-state index contributed by atoms with van der Waals surface area (Å²) in [5.41, 5.74) is 4.63. The van der Waals surface area contributed by atoms with Gasteiger partial charge >= 0.3 is 5.69 Å². The zero-order valence-corrected chi connectivity index (χ0v) is 14.0. The fourth-order valence-corrected chi connectivity index (χ4v) is 2.17. The number of nitrogens with two attached hydrogens (primary N) is 1. The molecule has 0 bridgehead atoms. The third-order valence-electron chi connectivity index (χ3n) is 3.68. The Morgan fingerprint density at radius 1 is 1.26 bits per heavy atom. The van der Waals surface area contributed by atoms with Crippen LogP contribution >= 0.6 is 0 Å². The number of ether oxygens (including phenoxy) is 1. The summed E-state index contributed by atoms with van der Waals surface area (Å²) >= 11 is 0. The number of aldehydes is 1. The van der Waals surface area contributed by atoms with Crippen molar-refractivity contribution in [3.8, 4) is 0 Å². The SMILES string of the molecule is Nc1ccn([C@@H]2O[C@H](CO)[C@@H](O)[C@H]2O)c(=O)n1.O=CCC(O)C(O)C(O)O. The molecule has 0 spiro atoms. The summed E-state index contributed by atoms with van der Waals surface area (Å²) in [5.74, 6) is 0.0537. The molecule has 2 unspecified atom stereocenters. The summed E-state index contributed by atoms with van der Waals surface area (Å²) in [6, 6.07) is 1.37. The van der Waals surface area contributed by atoms with Gasteiger partial charge in [0.25, 0.3) is 0 Å². The smallest absolute Gasteiger partial charge is 0.351 e. The fourth-order valence-electron chi connectivity index (χ4n) is 2.17. The lowest BCUT2D eigenvalue weighted by atomic mass is 10.1. The van der Waals surface area contributed by atoms with Crippen LogP contribution in [-0.4, -0.2) is 95.0 Å². The molecule has 154 valence electrons. The fraction of sp³-hybridized carbons (Fsp3) is 0.643. The zero-order chi connectivity index (χ0) is 20.7. The monoisotopic (exact) mass is 393 g/mol. The maximum Gasteiger partial charge on any atom is 0.351 e. The van der Waals surface area contributed by atoms with Crippen molar-refractivity contribution in [3.63, 3.8) is 0 Å². The Balaban J connectivity index is 0.000000314. The lowest BCUT2D eigenvalue weighted by molar-refractivity contribution is -0.159. The molecule has 0 radical (unpaired) electrons. The van der Waals surface area contributed by atoms with E-state index in [1.807, 2.05) is 0 Å². The number of nitrogen functional groups attached to an aromatic ring is 1. The van der Waals surface area contributed by atoms with Gasteiger partial charge in [-0.15, -0.1) is 0 Å². The van der Waals surface area contributed by atoms with Crippen LogP contribution in [0, 0.1) is 0 Å². The molecule has 1 saturated heterocycles. The molecule has 0 aliphatic carbocycles. The maximum absolute atomic E-state index is 11.5. The van der Waals surface area contributed by atoms with Crippen LogP contribution in [0.25, 0.3) is 0 Å². The Morgan fingerprint density at radius 3 is 2.33 bits per heavy atom. The predicted molar refractivity (Wildman–Crippen MR) is 86.8 cm³/mol. The van der Waals surface area contributed by atoms with Crippen LogP contribution in [-0.2, 0) is 9.53 Å². The summed E-state index contributed by atoms with van der Waals surface area (Å²) in [7, 11) is 0. The van der Waals surface area contributed by atoms with Crippen molar-refractivity contribution in [2.24, 2.45) is 0 Å². The van der Waals surface area contributed by atoms with E-state index in [9.17, 15) is 19.8 Å². The summed E-state index contributed by atoms with van der Waals surface area (Å²) < 4.78 is 6.19. The molecule has 9 N–H and O–H groups in total. The Bertz CT molecular complexity index is 654. The highest BCUT2D eigenvalue weighted by Crippen LogP contribution is 2.27. The first-order chi connectivity index (χ1) is 12.6. The lowest BCUT2D eigenvalue weighted by Gasteiger charge is -2.16. The van der Waals surface area contributed by atoms with Crippen LogP contribution in [0.1, 0.15) is 12.6 Å². The van der Waals surface area contributed by atoms with E-state index in [4.69, 9.17) is 36.0 Å². The summed E-state index contributed by atoms with van der Waals surface area (Å²) in [6.07, 6.45) is -8.27. The van der Waals surface area contributed by atoms with Crippen molar-refractivity contribution in [1.29, 1.82) is 0 Å². The first kappa shape index (κ1) is 23.1. The van der Waals surface area contributed by atoms with Gasteiger partial charge in [0.05, 0.1) is 12.7 Å². The van der Waals surface area contributed by atoms with Gasteiger partial charge in [0.2, 0.25) is 0 Å². The van der Waals surface area contributed by atoms with Gasteiger partial charge in [0.15, 0.2) is 12.5 Å². The zero-order valence-electron chi connectivity index (χ0n) is 14.0. The quantitative estimate of drug-likeness (QED) is 0.168. The summed E-state index contributed by atoms with van der Waals surface area (Å²) in [5, 5.41) is 62.0. The third kappa shape index (κ3) is 6.02. The van der Waals surface area contributed by atoms with E-state index in [1.165, 1.54) is 12.3 Å². The number of nitrogens with zero attached hydrogens (tertiary/aromatic N) is 2. The molecule has 1 fully saturated rings. The van der Waals surface area contributed by atoms with E-state index >= 15 is 0 Å². The molecular weight excluding hydrogens is 370 g/mol. The number of hydrogen-bond acceptors (Lipinski definition) is 12. The largest absolute Gasteiger partial charge is 0.394 e. The molecular formula is C14H23N3O10. The van der Waals surface area contributed by atoms with E-state index in [-0.39, 0.29) is 12.2 Å². The van der Waals surface area contributed by atoms with E-state index in [0.717, 1.165) is 4.57 Å². The Labute approximate surface area is 152 Å². The molecule has 1 aliphatic rings. The number of rotatable bonds is 6. The minimum absolute atomic E-state index is 0.0537. The van der Waals surface area contributed by atoms with Crippen LogP contribution in [0.15, 0.2) is 17.1 Å². The molecule has 0 amide bonds. The first-order valence-electron chi connectivity index (χ1n) is 7.77. The molecule has 6 atom stereocenters. The average molecular weight is 393 g/mol. The minimum Gasteiger partial charge on any atom is -0.394 e. The van der Waals surface area contributed by atoms with Crippen LogP contribution in [0.4, 0.5) is 5.82 Å². The van der Waals surface area contributed by atoms with Crippen LogP contribution in [0.5, 0.6) is 0 Å². The van der Waals surface area contributed by atoms with Crippen molar-refractivity contribution in [2.75, 3.05) is 12.3 Å². The van der Waals surface area contributed by atoms with Crippen LogP contribution in [0.3, 0.4) is 0 Å². The second-order valence-electron chi connectivity index (χ2n) is 5.65. The average Bonchev–Trinajstić information content (AvgIpc) is 2.90. The Kier molecular flexibility index (Phi) is 8.87. The lowest BCUT2D eigenvalue weighted by Crippen LogP contribution is -2.37. The second kappa shape index (κ2) is 10.4. The van der Waals surface area contributed by atoms with Gasteiger partial charge in [-0.1, -0.05) is 0 Å². The van der Waals surface area contributed by atoms with Gasteiger partial charge in [-0.2, -0.15) is 4.98 Å². The summed E-state index contributed by atoms with van der Waals surface area (Å²) in [6.45, 7) is -0.453. The van der Waals surface area contributed by atoms with E-state index in [0.29, 0.717) is 6.29 Å². The highest BCUT2D eigenvalue weighted by molar-refractivity contribution is 5.50. The van der Waals surface area contributed by atoms with E-state index < -0.39 is 55.3 Å².